The van der Waals surface area contributed by atoms with Crippen molar-refractivity contribution in [3.05, 3.63) is 35.6 Å². The number of ether oxygens (including phenoxy) is 1. The Hall–Kier alpha value is -1.87. The van der Waals surface area contributed by atoms with Gasteiger partial charge in [-0.3, -0.25) is 9.89 Å². The van der Waals surface area contributed by atoms with Crippen LogP contribution in [0.2, 0.25) is 0 Å². The molecule has 0 aromatic heterocycles. The number of alkyl halides is 3. The molecule has 1 aromatic carbocycles. The first-order chi connectivity index (χ1) is 13.8. The summed E-state index contributed by atoms with van der Waals surface area (Å²) >= 11 is 0. The predicted octanol–water partition coefficient (Wildman–Crippen LogP) is 2.68. The Morgan fingerprint density at radius 1 is 1.31 bits per heavy atom. The van der Waals surface area contributed by atoms with Gasteiger partial charge < -0.3 is 15.4 Å². The predicted molar refractivity (Wildman–Crippen MR) is 104 cm³/mol. The molecule has 2 N–H and O–H groups in total. The molecule has 0 radical (unpaired) electrons. The molecule has 1 unspecified atom stereocenters. The van der Waals surface area contributed by atoms with Crippen LogP contribution < -0.4 is 10.6 Å². The highest BCUT2D eigenvalue weighted by atomic mass is 19.4. The van der Waals surface area contributed by atoms with Crippen molar-refractivity contribution in [2.24, 2.45) is 4.99 Å². The molecule has 5 nitrogen and oxygen atoms in total. The smallest absolute Gasteiger partial charge is 0.381 e. The van der Waals surface area contributed by atoms with Gasteiger partial charge in [0.2, 0.25) is 0 Å². The van der Waals surface area contributed by atoms with Crippen molar-refractivity contribution in [1.82, 2.24) is 15.5 Å². The van der Waals surface area contributed by atoms with Gasteiger partial charge in [-0.25, -0.2) is 4.39 Å². The molecule has 2 heterocycles. The van der Waals surface area contributed by atoms with Crippen LogP contribution in [0.1, 0.15) is 24.8 Å². The zero-order chi connectivity index (χ0) is 20.9. The van der Waals surface area contributed by atoms with E-state index < -0.39 is 12.7 Å². The zero-order valence-electron chi connectivity index (χ0n) is 16.6. The number of rotatable bonds is 5. The number of hydrogen-bond acceptors (Lipinski definition) is 3. The minimum atomic E-state index is -4.19. The van der Waals surface area contributed by atoms with Gasteiger partial charge in [0, 0.05) is 51.4 Å². The standard InChI is InChI=1S/C20H28F4N4O/c1-25-18(27-17-5-8-28(12-17)14-20(22,23)24)26-13-19(6-9-29-10-7-19)15-3-2-4-16(21)11-15/h2-4,11,17H,5-10,12-14H2,1H3,(H2,25,26,27). The average molecular weight is 416 g/mol. The van der Waals surface area contributed by atoms with Crippen LogP contribution in [0.25, 0.3) is 0 Å². The molecule has 0 amide bonds. The first-order valence-electron chi connectivity index (χ1n) is 9.90. The van der Waals surface area contributed by atoms with E-state index in [4.69, 9.17) is 4.74 Å². The van der Waals surface area contributed by atoms with Gasteiger partial charge in [-0.05, 0) is 37.0 Å². The Balaban J connectivity index is 1.60. The highest BCUT2D eigenvalue weighted by Crippen LogP contribution is 2.34. The summed E-state index contributed by atoms with van der Waals surface area (Å²) in [7, 11) is 1.64. The summed E-state index contributed by atoms with van der Waals surface area (Å²) in [5, 5.41) is 6.53. The van der Waals surface area contributed by atoms with E-state index in [1.54, 1.807) is 19.2 Å². The quantitative estimate of drug-likeness (QED) is 0.440. The summed E-state index contributed by atoms with van der Waals surface area (Å²) in [5.41, 5.74) is 0.636. The number of nitrogens with one attached hydrogen (secondary N) is 2. The molecule has 162 valence electrons. The second-order valence-electron chi connectivity index (χ2n) is 7.81. The number of nitrogens with zero attached hydrogens (tertiary/aromatic N) is 2. The summed E-state index contributed by atoms with van der Waals surface area (Å²) < 4.78 is 57.1. The van der Waals surface area contributed by atoms with Crippen LogP contribution in [0.3, 0.4) is 0 Å². The normalized spacial score (nSPS) is 23.2. The fourth-order valence-electron chi connectivity index (χ4n) is 4.14. The largest absolute Gasteiger partial charge is 0.401 e. The first kappa shape index (κ1) is 21.8. The van der Waals surface area contributed by atoms with Gasteiger partial charge in [0.25, 0.3) is 0 Å². The van der Waals surface area contributed by atoms with E-state index in [0.29, 0.717) is 45.2 Å². The van der Waals surface area contributed by atoms with E-state index in [9.17, 15) is 17.6 Å². The highest BCUT2D eigenvalue weighted by molar-refractivity contribution is 5.80. The SMILES string of the molecule is CN=C(NCC1(c2cccc(F)c2)CCOCC1)NC1CCN(CC(F)(F)F)C1. The van der Waals surface area contributed by atoms with Crippen LogP contribution in [0.15, 0.2) is 29.3 Å². The van der Waals surface area contributed by atoms with Crippen molar-refractivity contribution in [1.29, 1.82) is 0 Å². The van der Waals surface area contributed by atoms with E-state index in [-0.39, 0.29) is 17.3 Å². The van der Waals surface area contributed by atoms with Gasteiger partial charge in [-0.1, -0.05) is 12.1 Å². The van der Waals surface area contributed by atoms with Crippen molar-refractivity contribution in [2.75, 3.05) is 46.4 Å². The summed E-state index contributed by atoms with van der Waals surface area (Å²) in [6.45, 7) is 1.57. The molecule has 3 rings (SSSR count). The lowest BCUT2D eigenvalue weighted by Gasteiger charge is -2.38. The van der Waals surface area contributed by atoms with E-state index in [1.807, 2.05) is 6.07 Å². The summed E-state index contributed by atoms with van der Waals surface area (Å²) in [5.74, 6) is 0.276. The lowest BCUT2D eigenvalue weighted by atomic mass is 9.74. The van der Waals surface area contributed by atoms with Crippen molar-refractivity contribution < 1.29 is 22.3 Å². The maximum Gasteiger partial charge on any atom is 0.401 e. The zero-order valence-corrected chi connectivity index (χ0v) is 16.6. The molecule has 2 fully saturated rings. The topological polar surface area (TPSA) is 48.9 Å². The summed E-state index contributed by atoms with van der Waals surface area (Å²) in [6.07, 6.45) is -2.05. The average Bonchev–Trinajstić information content (AvgIpc) is 3.11. The fraction of sp³-hybridized carbons (Fsp3) is 0.650. The van der Waals surface area contributed by atoms with Gasteiger partial charge in [-0.2, -0.15) is 13.2 Å². The first-order valence-corrected chi connectivity index (χ1v) is 9.90. The molecule has 0 bridgehead atoms. The van der Waals surface area contributed by atoms with Gasteiger partial charge >= 0.3 is 6.18 Å². The van der Waals surface area contributed by atoms with E-state index in [2.05, 4.69) is 15.6 Å². The van der Waals surface area contributed by atoms with Crippen molar-refractivity contribution >= 4 is 5.96 Å². The van der Waals surface area contributed by atoms with Crippen LogP contribution >= 0.6 is 0 Å². The minimum absolute atomic E-state index is 0.0941. The third-order valence-electron chi connectivity index (χ3n) is 5.72. The van der Waals surface area contributed by atoms with Crippen molar-refractivity contribution in [3.8, 4) is 0 Å². The van der Waals surface area contributed by atoms with E-state index >= 15 is 0 Å². The van der Waals surface area contributed by atoms with Crippen LogP contribution in [0, 0.1) is 5.82 Å². The van der Waals surface area contributed by atoms with Crippen LogP contribution in [0.4, 0.5) is 17.6 Å². The Labute approximate surface area is 168 Å². The van der Waals surface area contributed by atoms with Gasteiger partial charge in [-0.15, -0.1) is 0 Å². The highest BCUT2D eigenvalue weighted by Gasteiger charge is 2.36. The molecule has 2 aliphatic rings. The van der Waals surface area contributed by atoms with Crippen LogP contribution in [-0.4, -0.2) is 69.5 Å². The Kier molecular flexibility index (Phi) is 7.00. The number of guanidine groups is 1. The van der Waals surface area contributed by atoms with Gasteiger partial charge in [0.05, 0.1) is 6.54 Å². The van der Waals surface area contributed by atoms with E-state index in [1.165, 1.54) is 11.0 Å². The summed E-state index contributed by atoms with van der Waals surface area (Å²) in [6, 6.07) is 6.54. The monoisotopic (exact) mass is 416 g/mol. The third-order valence-corrected chi connectivity index (χ3v) is 5.72. The molecule has 0 saturated carbocycles. The number of aliphatic imine (C=N–C) groups is 1. The molecule has 1 atom stereocenters. The maximum atomic E-state index is 13.8. The maximum absolute atomic E-state index is 13.8. The molecule has 2 saturated heterocycles. The van der Waals surface area contributed by atoms with Crippen LogP contribution in [-0.2, 0) is 10.2 Å². The molecule has 9 heteroatoms. The Morgan fingerprint density at radius 3 is 2.72 bits per heavy atom. The van der Waals surface area contributed by atoms with Crippen molar-refractivity contribution in [2.45, 2.75) is 36.9 Å². The van der Waals surface area contributed by atoms with Crippen LogP contribution in [0.5, 0.6) is 0 Å². The second kappa shape index (κ2) is 9.30. The minimum Gasteiger partial charge on any atom is -0.381 e. The Morgan fingerprint density at radius 2 is 2.07 bits per heavy atom. The van der Waals surface area contributed by atoms with E-state index in [0.717, 1.165) is 18.4 Å². The molecule has 1 aromatic rings. The lowest BCUT2D eigenvalue weighted by Crippen LogP contribution is -2.50. The second-order valence-corrected chi connectivity index (χ2v) is 7.81. The lowest BCUT2D eigenvalue weighted by molar-refractivity contribution is -0.143. The summed E-state index contributed by atoms with van der Waals surface area (Å²) in [4.78, 5) is 5.63. The molecule has 2 aliphatic heterocycles. The van der Waals surface area contributed by atoms with Gasteiger partial charge in [0.1, 0.15) is 5.82 Å². The number of halogens is 4. The number of likely N-dealkylation sites (tertiary alicyclic amines) is 1. The molecule has 0 aliphatic carbocycles. The third kappa shape index (κ3) is 6.05. The molecule has 29 heavy (non-hydrogen) atoms. The number of benzene rings is 1. The van der Waals surface area contributed by atoms with Crippen molar-refractivity contribution in [3.63, 3.8) is 0 Å². The molecular weight excluding hydrogens is 388 g/mol. The molecule has 0 spiro atoms. The molecular formula is C20H28F4N4O. The van der Waals surface area contributed by atoms with Gasteiger partial charge in [0.15, 0.2) is 5.96 Å². The Bertz CT molecular complexity index is 704. The fourth-order valence-corrected chi connectivity index (χ4v) is 4.14. The number of hydrogen-bond donors (Lipinski definition) is 2.